The Morgan fingerprint density at radius 3 is 2.80 bits per heavy atom. The Bertz CT molecular complexity index is 333. The Morgan fingerprint density at radius 2 is 2.00 bits per heavy atom. The average Bonchev–Trinajstić information content (AvgIpc) is 2.46. The summed E-state index contributed by atoms with van der Waals surface area (Å²) in [6.45, 7) is 3.38. The lowest BCUT2D eigenvalue weighted by Gasteiger charge is -2.22. The summed E-state index contributed by atoms with van der Waals surface area (Å²) in [7, 11) is 0. The van der Waals surface area contributed by atoms with E-state index in [1.54, 1.807) is 0 Å². The van der Waals surface area contributed by atoms with Crippen molar-refractivity contribution in [3.63, 3.8) is 0 Å². The van der Waals surface area contributed by atoms with Gasteiger partial charge < -0.3 is 10.2 Å². The van der Waals surface area contributed by atoms with Gasteiger partial charge in [-0.25, -0.2) is 8.78 Å². The molecule has 1 aliphatic rings. The standard InChI is InChI=1S/C11H14F2N2/c12-9-2-3-11(10(13)8-9)15-6-1-4-14-5-7-15/h2-3,8,14H,1,4-7H2. The molecule has 0 atom stereocenters. The molecule has 2 rings (SSSR count). The van der Waals surface area contributed by atoms with Crippen LogP contribution in [0.25, 0.3) is 0 Å². The molecule has 0 spiro atoms. The number of nitrogens with zero attached hydrogens (tertiary/aromatic N) is 1. The first-order valence-corrected chi connectivity index (χ1v) is 5.18. The van der Waals surface area contributed by atoms with Gasteiger partial charge in [-0.15, -0.1) is 0 Å². The molecule has 0 bridgehead atoms. The minimum Gasteiger partial charge on any atom is -0.368 e. The van der Waals surface area contributed by atoms with Gasteiger partial charge in [-0.05, 0) is 25.1 Å². The van der Waals surface area contributed by atoms with Crippen molar-refractivity contribution in [3.05, 3.63) is 29.8 Å². The molecule has 0 radical (unpaired) electrons. The van der Waals surface area contributed by atoms with E-state index < -0.39 is 11.6 Å². The molecule has 1 fully saturated rings. The second-order valence-corrected chi connectivity index (χ2v) is 3.69. The SMILES string of the molecule is Fc1ccc(N2CCCNCC2)c(F)c1. The maximum absolute atomic E-state index is 13.5. The lowest BCUT2D eigenvalue weighted by molar-refractivity contribution is 0.579. The summed E-state index contributed by atoms with van der Waals surface area (Å²) >= 11 is 0. The van der Waals surface area contributed by atoms with E-state index in [0.717, 1.165) is 38.7 Å². The molecule has 1 aromatic carbocycles. The van der Waals surface area contributed by atoms with E-state index in [2.05, 4.69) is 5.32 Å². The fourth-order valence-electron chi connectivity index (χ4n) is 1.82. The molecule has 0 saturated carbocycles. The first-order valence-electron chi connectivity index (χ1n) is 5.18. The minimum absolute atomic E-state index is 0.475. The zero-order valence-corrected chi connectivity index (χ0v) is 8.47. The predicted octanol–water partition coefficient (Wildman–Crippen LogP) is 1.76. The maximum atomic E-state index is 13.5. The summed E-state index contributed by atoms with van der Waals surface area (Å²) < 4.78 is 26.2. The summed E-state index contributed by atoms with van der Waals surface area (Å²) in [5.74, 6) is -0.999. The smallest absolute Gasteiger partial charge is 0.149 e. The first kappa shape index (κ1) is 10.4. The summed E-state index contributed by atoms with van der Waals surface area (Å²) in [6, 6.07) is 3.75. The average molecular weight is 212 g/mol. The van der Waals surface area contributed by atoms with Crippen LogP contribution in [0, 0.1) is 11.6 Å². The first-order chi connectivity index (χ1) is 7.27. The highest BCUT2D eigenvalue weighted by Crippen LogP contribution is 2.20. The predicted molar refractivity (Wildman–Crippen MR) is 56.1 cm³/mol. The summed E-state index contributed by atoms with van der Waals surface area (Å²) in [6.07, 6.45) is 0.983. The summed E-state index contributed by atoms with van der Waals surface area (Å²) in [5.41, 5.74) is 0.500. The van der Waals surface area contributed by atoms with Crippen molar-refractivity contribution in [2.24, 2.45) is 0 Å². The van der Waals surface area contributed by atoms with E-state index in [-0.39, 0.29) is 0 Å². The monoisotopic (exact) mass is 212 g/mol. The zero-order valence-electron chi connectivity index (χ0n) is 8.47. The van der Waals surface area contributed by atoms with Crippen LogP contribution in [0.5, 0.6) is 0 Å². The number of rotatable bonds is 1. The van der Waals surface area contributed by atoms with Crippen molar-refractivity contribution in [1.82, 2.24) is 5.32 Å². The van der Waals surface area contributed by atoms with Crippen molar-refractivity contribution >= 4 is 5.69 Å². The van der Waals surface area contributed by atoms with E-state index in [0.29, 0.717) is 5.69 Å². The van der Waals surface area contributed by atoms with Gasteiger partial charge in [-0.2, -0.15) is 0 Å². The molecule has 4 heteroatoms. The Balaban J connectivity index is 2.19. The minimum atomic E-state index is -0.524. The highest BCUT2D eigenvalue weighted by molar-refractivity contribution is 5.48. The second kappa shape index (κ2) is 4.57. The van der Waals surface area contributed by atoms with Gasteiger partial charge in [0.1, 0.15) is 11.6 Å². The lowest BCUT2D eigenvalue weighted by atomic mass is 10.2. The maximum Gasteiger partial charge on any atom is 0.149 e. The van der Waals surface area contributed by atoms with E-state index in [1.165, 1.54) is 12.1 Å². The third-order valence-electron chi connectivity index (χ3n) is 2.59. The Labute approximate surface area is 87.9 Å². The lowest BCUT2D eigenvalue weighted by Crippen LogP contribution is -2.28. The van der Waals surface area contributed by atoms with Gasteiger partial charge in [0.25, 0.3) is 0 Å². The van der Waals surface area contributed by atoms with Crippen LogP contribution in [-0.2, 0) is 0 Å². The van der Waals surface area contributed by atoms with Gasteiger partial charge in [-0.1, -0.05) is 0 Å². The normalized spacial score (nSPS) is 17.6. The Kier molecular flexibility index (Phi) is 3.16. The topological polar surface area (TPSA) is 15.3 Å². The number of benzene rings is 1. The fourth-order valence-corrected chi connectivity index (χ4v) is 1.82. The third kappa shape index (κ3) is 2.45. The van der Waals surface area contributed by atoms with E-state index in [9.17, 15) is 8.78 Å². The molecule has 0 aliphatic carbocycles. The van der Waals surface area contributed by atoms with Gasteiger partial charge in [0.05, 0.1) is 5.69 Å². The van der Waals surface area contributed by atoms with Crippen LogP contribution < -0.4 is 10.2 Å². The highest BCUT2D eigenvalue weighted by Gasteiger charge is 2.13. The number of hydrogen-bond donors (Lipinski definition) is 1. The van der Waals surface area contributed by atoms with Gasteiger partial charge in [-0.3, -0.25) is 0 Å². The molecule has 1 saturated heterocycles. The number of nitrogens with one attached hydrogen (secondary N) is 1. The van der Waals surface area contributed by atoms with Crippen LogP contribution in [0.3, 0.4) is 0 Å². The molecule has 0 unspecified atom stereocenters. The molecular formula is C11H14F2N2. The Hall–Kier alpha value is -1.16. The molecule has 2 nitrogen and oxygen atoms in total. The van der Waals surface area contributed by atoms with Crippen LogP contribution in [0.15, 0.2) is 18.2 Å². The molecule has 1 aliphatic heterocycles. The van der Waals surface area contributed by atoms with Crippen molar-refractivity contribution in [2.45, 2.75) is 6.42 Å². The second-order valence-electron chi connectivity index (χ2n) is 3.69. The number of halogens is 2. The van der Waals surface area contributed by atoms with E-state index in [4.69, 9.17) is 0 Å². The van der Waals surface area contributed by atoms with Gasteiger partial charge in [0, 0.05) is 25.7 Å². The molecule has 1 N–H and O–H groups in total. The van der Waals surface area contributed by atoms with Crippen molar-refractivity contribution in [1.29, 1.82) is 0 Å². The summed E-state index contributed by atoms with van der Waals surface area (Å²) in [4.78, 5) is 1.95. The number of hydrogen-bond acceptors (Lipinski definition) is 2. The molecule has 82 valence electrons. The van der Waals surface area contributed by atoms with Crippen LogP contribution >= 0.6 is 0 Å². The van der Waals surface area contributed by atoms with Gasteiger partial charge in [0.2, 0.25) is 0 Å². The largest absolute Gasteiger partial charge is 0.368 e. The highest BCUT2D eigenvalue weighted by atomic mass is 19.1. The third-order valence-corrected chi connectivity index (χ3v) is 2.59. The van der Waals surface area contributed by atoms with Crippen LogP contribution in [0.4, 0.5) is 14.5 Å². The molecule has 1 aromatic rings. The van der Waals surface area contributed by atoms with Crippen molar-refractivity contribution < 1.29 is 8.78 Å². The molecule has 1 heterocycles. The molecule has 0 amide bonds. The van der Waals surface area contributed by atoms with Gasteiger partial charge >= 0.3 is 0 Å². The van der Waals surface area contributed by atoms with E-state index >= 15 is 0 Å². The van der Waals surface area contributed by atoms with E-state index in [1.807, 2.05) is 4.90 Å². The molecular weight excluding hydrogens is 198 g/mol. The van der Waals surface area contributed by atoms with Crippen LogP contribution in [0.1, 0.15) is 6.42 Å². The summed E-state index contributed by atoms with van der Waals surface area (Å²) in [5, 5.41) is 3.24. The molecule has 15 heavy (non-hydrogen) atoms. The quantitative estimate of drug-likeness (QED) is 0.763. The van der Waals surface area contributed by atoms with Gasteiger partial charge in [0.15, 0.2) is 0 Å². The zero-order chi connectivity index (χ0) is 10.7. The van der Waals surface area contributed by atoms with Crippen LogP contribution in [0.2, 0.25) is 0 Å². The fraction of sp³-hybridized carbons (Fsp3) is 0.455. The Morgan fingerprint density at radius 1 is 1.13 bits per heavy atom. The molecule has 0 aromatic heterocycles. The van der Waals surface area contributed by atoms with Crippen molar-refractivity contribution in [3.8, 4) is 0 Å². The van der Waals surface area contributed by atoms with Crippen LogP contribution in [-0.4, -0.2) is 26.2 Å². The number of anilines is 1. The van der Waals surface area contributed by atoms with Crippen molar-refractivity contribution in [2.75, 3.05) is 31.1 Å².